The molecule has 0 bridgehead atoms. The van der Waals surface area contributed by atoms with Crippen LogP contribution in [-0.4, -0.2) is 45.1 Å². The highest BCUT2D eigenvalue weighted by molar-refractivity contribution is 7.09. The maximum Gasteiger partial charge on any atom is 0.223 e. The number of Topliss-reactive ketones (excluding diaryl/α,β-unsaturated/α-hetero) is 1. The third-order valence-corrected chi connectivity index (χ3v) is 7.98. The second kappa shape index (κ2) is 12.2. The molecule has 1 amide bonds. The molecule has 1 aliphatic rings. The molecule has 0 fully saturated rings. The monoisotopic (exact) mass is 490 g/mol. The molecule has 0 aromatic carbocycles. The molecule has 5 unspecified atom stereocenters. The van der Waals surface area contributed by atoms with E-state index >= 15 is 0 Å². The lowest BCUT2D eigenvalue weighted by Gasteiger charge is -2.34. The number of ketones is 1. The standard InChI is InChI=1S/C27H42N2O4S/c1-16-9-8-10-17(2)25(32)19(4)26(33)27(6,7)23(30)14-24(31)29-22(12-11-16)18(3)13-21-15-34-20(5)28-21/h11,13,15,17,19,22-23,25,30,32H,8-10,12,14H2,1-7H3,(H,29,31)/b16-11-,18-13?. The van der Waals surface area contributed by atoms with Crippen LogP contribution in [0.5, 0.6) is 0 Å². The van der Waals surface area contributed by atoms with Gasteiger partial charge >= 0.3 is 0 Å². The maximum absolute atomic E-state index is 13.2. The summed E-state index contributed by atoms with van der Waals surface area (Å²) in [5.41, 5.74) is 1.94. The molecule has 7 heteroatoms. The second-order valence-electron chi connectivity index (χ2n) is 10.5. The Hall–Kier alpha value is -1.83. The van der Waals surface area contributed by atoms with Crippen LogP contribution in [-0.2, 0) is 9.59 Å². The zero-order valence-corrected chi connectivity index (χ0v) is 22.5. The summed E-state index contributed by atoms with van der Waals surface area (Å²) in [6.45, 7) is 13.0. The maximum atomic E-state index is 13.2. The molecule has 0 spiro atoms. The molecule has 190 valence electrons. The lowest BCUT2D eigenvalue weighted by Crippen LogP contribution is -2.47. The van der Waals surface area contributed by atoms with Gasteiger partial charge in [-0.05, 0) is 64.0 Å². The molecular formula is C27H42N2O4S. The average Bonchev–Trinajstić information content (AvgIpc) is 3.18. The first-order chi connectivity index (χ1) is 15.8. The number of amides is 1. The minimum Gasteiger partial charge on any atom is -0.392 e. The van der Waals surface area contributed by atoms with Gasteiger partial charge in [0.2, 0.25) is 5.91 Å². The Labute approximate surface area is 208 Å². The molecule has 1 aromatic heterocycles. The van der Waals surface area contributed by atoms with Gasteiger partial charge < -0.3 is 15.5 Å². The van der Waals surface area contributed by atoms with E-state index in [-0.39, 0.29) is 30.1 Å². The minimum atomic E-state index is -1.15. The van der Waals surface area contributed by atoms with Gasteiger partial charge in [-0.1, -0.05) is 39.3 Å². The van der Waals surface area contributed by atoms with E-state index in [0.29, 0.717) is 6.42 Å². The van der Waals surface area contributed by atoms with Crippen molar-refractivity contribution in [3.05, 3.63) is 33.3 Å². The summed E-state index contributed by atoms with van der Waals surface area (Å²) in [5.74, 6) is -1.18. The first kappa shape index (κ1) is 28.4. The summed E-state index contributed by atoms with van der Waals surface area (Å²) in [7, 11) is 0. The van der Waals surface area contributed by atoms with Crippen LogP contribution in [0.25, 0.3) is 6.08 Å². The number of carbonyl (C=O) groups is 2. The molecule has 2 rings (SSSR count). The summed E-state index contributed by atoms with van der Waals surface area (Å²) in [6.07, 6.45) is 5.30. The molecule has 3 N–H and O–H groups in total. The number of aryl methyl sites for hydroxylation is 1. The molecule has 1 aromatic rings. The molecule has 0 aliphatic carbocycles. The van der Waals surface area contributed by atoms with Crippen LogP contribution in [0.3, 0.4) is 0 Å². The van der Waals surface area contributed by atoms with Crippen LogP contribution in [0.15, 0.2) is 22.6 Å². The zero-order chi connectivity index (χ0) is 25.6. The average molecular weight is 491 g/mol. The van der Waals surface area contributed by atoms with Gasteiger partial charge in [-0.2, -0.15) is 0 Å². The van der Waals surface area contributed by atoms with Crippen molar-refractivity contribution < 1.29 is 19.8 Å². The van der Waals surface area contributed by atoms with Crippen molar-refractivity contribution in [3.63, 3.8) is 0 Å². The third kappa shape index (κ3) is 7.59. The summed E-state index contributed by atoms with van der Waals surface area (Å²) in [4.78, 5) is 30.6. The Kier molecular flexibility index (Phi) is 10.2. The van der Waals surface area contributed by atoms with Gasteiger partial charge in [-0.25, -0.2) is 4.98 Å². The Morgan fingerprint density at radius 3 is 2.53 bits per heavy atom. The number of aliphatic hydroxyl groups excluding tert-OH is 2. The normalized spacial score (nSPS) is 32.1. The number of nitrogens with zero attached hydrogens (tertiary/aromatic N) is 1. The highest BCUT2D eigenvalue weighted by Gasteiger charge is 2.42. The fraction of sp³-hybridized carbons (Fsp3) is 0.667. The smallest absolute Gasteiger partial charge is 0.223 e. The van der Waals surface area contributed by atoms with Gasteiger partial charge in [0.25, 0.3) is 0 Å². The first-order valence-corrected chi connectivity index (χ1v) is 13.2. The van der Waals surface area contributed by atoms with E-state index < -0.39 is 23.5 Å². The summed E-state index contributed by atoms with van der Waals surface area (Å²) < 4.78 is 0. The molecule has 5 atom stereocenters. The van der Waals surface area contributed by atoms with Gasteiger partial charge in [0, 0.05) is 11.3 Å². The van der Waals surface area contributed by atoms with E-state index in [9.17, 15) is 19.8 Å². The van der Waals surface area contributed by atoms with Crippen molar-refractivity contribution >= 4 is 29.1 Å². The number of thiazole rings is 1. The summed E-state index contributed by atoms with van der Waals surface area (Å²) in [6, 6.07) is -0.233. The number of allylic oxidation sites excluding steroid dienone is 1. The predicted molar refractivity (Wildman–Crippen MR) is 138 cm³/mol. The van der Waals surface area contributed by atoms with Crippen LogP contribution >= 0.6 is 11.3 Å². The van der Waals surface area contributed by atoms with Gasteiger partial charge in [0.05, 0.1) is 40.8 Å². The Morgan fingerprint density at radius 2 is 1.91 bits per heavy atom. The van der Waals surface area contributed by atoms with Crippen molar-refractivity contribution in [2.45, 2.75) is 98.8 Å². The van der Waals surface area contributed by atoms with Crippen LogP contribution in [0.2, 0.25) is 0 Å². The molecule has 1 aliphatic heterocycles. The van der Waals surface area contributed by atoms with Gasteiger partial charge in [-0.15, -0.1) is 11.3 Å². The van der Waals surface area contributed by atoms with E-state index in [0.717, 1.165) is 35.5 Å². The van der Waals surface area contributed by atoms with Gasteiger partial charge in [-0.3, -0.25) is 9.59 Å². The zero-order valence-electron chi connectivity index (χ0n) is 21.7. The number of nitrogens with one attached hydrogen (secondary N) is 1. The summed E-state index contributed by atoms with van der Waals surface area (Å²) in [5, 5.41) is 27.7. The highest BCUT2D eigenvalue weighted by Crippen LogP contribution is 2.32. The Morgan fingerprint density at radius 1 is 1.24 bits per heavy atom. The van der Waals surface area contributed by atoms with Gasteiger partial charge in [0.15, 0.2) is 0 Å². The topological polar surface area (TPSA) is 99.5 Å². The molecular weight excluding hydrogens is 448 g/mol. The lowest BCUT2D eigenvalue weighted by molar-refractivity contribution is -0.143. The Balaban J connectivity index is 2.33. The number of rotatable bonds is 2. The van der Waals surface area contributed by atoms with E-state index in [1.165, 1.54) is 5.57 Å². The minimum absolute atomic E-state index is 0.0320. The largest absolute Gasteiger partial charge is 0.392 e. The lowest BCUT2D eigenvalue weighted by atomic mass is 9.73. The first-order valence-electron chi connectivity index (χ1n) is 12.3. The molecule has 0 saturated heterocycles. The SMILES string of the molecule is CC(=Cc1csc(C)n1)C1C/C=C(/C)CCCC(C)C(O)C(C)C(=O)C(C)(C)C(O)CC(=O)N1. The number of aliphatic hydroxyl groups is 2. The van der Waals surface area contributed by atoms with E-state index in [1.807, 2.05) is 32.2 Å². The molecule has 6 nitrogen and oxygen atoms in total. The van der Waals surface area contributed by atoms with E-state index in [2.05, 4.69) is 23.3 Å². The van der Waals surface area contributed by atoms with Crippen LogP contribution in [0, 0.1) is 24.2 Å². The van der Waals surface area contributed by atoms with Crippen molar-refractivity contribution in [1.29, 1.82) is 0 Å². The van der Waals surface area contributed by atoms with Crippen LogP contribution in [0.4, 0.5) is 0 Å². The van der Waals surface area contributed by atoms with Crippen molar-refractivity contribution in [2.75, 3.05) is 0 Å². The highest BCUT2D eigenvalue weighted by atomic mass is 32.1. The Bertz CT molecular complexity index is 917. The number of aromatic nitrogens is 1. The quantitative estimate of drug-likeness (QED) is 0.515. The predicted octanol–water partition coefficient (Wildman–Crippen LogP) is 4.84. The number of hydrogen-bond acceptors (Lipinski definition) is 6. The van der Waals surface area contributed by atoms with Crippen molar-refractivity contribution in [2.24, 2.45) is 17.3 Å². The van der Waals surface area contributed by atoms with Crippen LogP contribution < -0.4 is 5.32 Å². The fourth-order valence-corrected chi connectivity index (χ4v) is 5.09. The van der Waals surface area contributed by atoms with Gasteiger partial charge in [0.1, 0.15) is 5.78 Å². The fourth-order valence-electron chi connectivity index (χ4n) is 4.52. The molecule has 2 heterocycles. The van der Waals surface area contributed by atoms with Crippen molar-refractivity contribution in [3.8, 4) is 0 Å². The number of carbonyl (C=O) groups excluding carboxylic acids is 2. The number of hydrogen-bond donors (Lipinski definition) is 3. The molecule has 34 heavy (non-hydrogen) atoms. The van der Waals surface area contributed by atoms with Crippen LogP contribution in [0.1, 0.15) is 84.3 Å². The molecule has 0 radical (unpaired) electrons. The van der Waals surface area contributed by atoms with E-state index in [1.54, 1.807) is 32.1 Å². The summed E-state index contributed by atoms with van der Waals surface area (Å²) >= 11 is 1.58. The molecule has 0 saturated carbocycles. The van der Waals surface area contributed by atoms with E-state index in [4.69, 9.17) is 0 Å². The second-order valence-corrected chi connectivity index (χ2v) is 11.6. The van der Waals surface area contributed by atoms with Crippen molar-refractivity contribution in [1.82, 2.24) is 10.3 Å². The third-order valence-electron chi connectivity index (χ3n) is 7.19.